The van der Waals surface area contributed by atoms with Gasteiger partial charge in [0.05, 0.1) is 18.6 Å². The predicted molar refractivity (Wildman–Crippen MR) is 52.9 cm³/mol. The van der Waals surface area contributed by atoms with Crippen LogP contribution in [0.25, 0.3) is 0 Å². The monoisotopic (exact) mass is 178 g/mol. The number of nitrogens with one attached hydrogen (secondary N) is 1. The molecule has 0 amide bonds. The van der Waals surface area contributed by atoms with Crippen molar-refractivity contribution in [3.63, 3.8) is 0 Å². The van der Waals surface area contributed by atoms with Crippen molar-refractivity contribution >= 4 is 12.2 Å². The van der Waals surface area contributed by atoms with Crippen LogP contribution in [0.2, 0.25) is 0 Å². The van der Waals surface area contributed by atoms with Gasteiger partial charge in [0.25, 0.3) is 0 Å². The van der Waals surface area contributed by atoms with Crippen molar-refractivity contribution in [2.24, 2.45) is 18.0 Å². The quantitative estimate of drug-likeness (QED) is 0.709. The van der Waals surface area contributed by atoms with Crippen LogP contribution in [0.4, 0.5) is 5.82 Å². The largest absolute Gasteiger partial charge is 0.331 e. The molecule has 0 fully saturated rings. The standard InChI is InChI=1S/C9H14N4/c1-6(2)8-7-4-12-13(3)9(7)11-5-10-8/h4-6,8H,1-3H3,(H,10,11). The number of aromatic nitrogens is 2. The predicted octanol–water partition coefficient (Wildman–Crippen LogP) is 1.57. The van der Waals surface area contributed by atoms with Crippen molar-refractivity contribution < 1.29 is 0 Å². The van der Waals surface area contributed by atoms with Crippen LogP contribution in [0.3, 0.4) is 0 Å². The van der Waals surface area contributed by atoms with E-state index in [1.54, 1.807) is 6.34 Å². The Balaban J connectivity index is 2.43. The van der Waals surface area contributed by atoms with E-state index in [1.807, 2.05) is 17.9 Å². The van der Waals surface area contributed by atoms with E-state index in [2.05, 4.69) is 29.3 Å². The zero-order valence-electron chi connectivity index (χ0n) is 8.15. The second-order valence-corrected chi connectivity index (χ2v) is 3.68. The second kappa shape index (κ2) is 2.87. The van der Waals surface area contributed by atoms with E-state index in [0.29, 0.717) is 5.92 Å². The Morgan fingerprint density at radius 1 is 1.54 bits per heavy atom. The van der Waals surface area contributed by atoms with E-state index in [1.165, 1.54) is 5.56 Å². The van der Waals surface area contributed by atoms with E-state index in [9.17, 15) is 0 Å². The van der Waals surface area contributed by atoms with Crippen LogP contribution >= 0.6 is 0 Å². The Kier molecular flexibility index (Phi) is 1.83. The number of anilines is 1. The highest BCUT2D eigenvalue weighted by atomic mass is 15.3. The number of aliphatic imine (C=N–C) groups is 1. The Morgan fingerprint density at radius 2 is 2.31 bits per heavy atom. The van der Waals surface area contributed by atoms with E-state index < -0.39 is 0 Å². The summed E-state index contributed by atoms with van der Waals surface area (Å²) >= 11 is 0. The molecule has 0 saturated carbocycles. The van der Waals surface area contributed by atoms with Gasteiger partial charge in [0.15, 0.2) is 0 Å². The van der Waals surface area contributed by atoms with Crippen LogP contribution in [-0.4, -0.2) is 16.1 Å². The Hall–Kier alpha value is -1.32. The van der Waals surface area contributed by atoms with E-state index in [4.69, 9.17) is 0 Å². The third-order valence-electron chi connectivity index (χ3n) is 2.35. The van der Waals surface area contributed by atoms with Gasteiger partial charge >= 0.3 is 0 Å². The topological polar surface area (TPSA) is 42.2 Å². The number of hydrogen-bond acceptors (Lipinski definition) is 3. The van der Waals surface area contributed by atoms with Crippen molar-refractivity contribution in [2.45, 2.75) is 19.9 Å². The molecule has 1 aliphatic rings. The molecule has 2 heterocycles. The summed E-state index contributed by atoms with van der Waals surface area (Å²) in [5.74, 6) is 1.58. The van der Waals surface area contributed by atoms with Gasteiger partial charge in [-0.25, -0.2) is 0 Å². The van der Waals surface area contributed by atoms with E-state index in [-0.39, 0.29) is 6.04 Å². The van der Waals surface area contributed by atoms with Crippen molar-refractivity contribution in [2.75, 3.05) is 5.32 Å². The molecule has 2 rings (SSSR count). The van der Waals surface area contributed by atoms with Gasteiger partial charge in [-0.05, 0) is 5.92 Å². The molecule has 0 radical (unpaired) electrons. The summed E-state index contributed by atoms with van der Waals surface area (Å²) in [6.45, 7) is 4.34. The van der Waals surface area contributed by atoms with Gasteiger partial charge in [-0.15, -0.1) is 0 Å². The maximum atomic E-state index is 4.39. The summed E-state index contributed by atoms with van der Waals surface area (Å²) in [7, 11) is 1.93. The fourth-order valence-electron chi connectivity index (χ4n) is 1.64. The second-order valence-electron chi connectivity index (χ2n) is 3.68. The van der Waals surface area contributed by atoms with Crippen molar-refractivity contribution in [3.05, 3.63) is 11.8 Å². The highest BCUT2D eigenvalue weighted by molar-refractivity contribution is 5.78. The lowest BCUT2D eigenvalue weighted by Crippen LogP contribution is -2.15. The van der Waals surface area contributed by atoms with Crippen LogP contribution in [0, 0.1) is 5.92 Å². The molecule has 0 spiro atoms. The van der Waals surface area contributed by atoms with Crippen LogP contribution < -0.4 is 5.32 Å². The van der Waals surface area contributed by atoms with Crippen LogP contribution in [0.5, 0.6) is 0 Å². The zero-order valence-corrected chi connectivity index (χ0v) is 8.15. The molecule has 1 N–H and O–H groups in total. The summed E-state index contributed by atoms with van der Waals surface area (Å²) < 4.78 is 1.84. The maximum absolute atomic E-state index is 4.39. The molecular formula is C9H14N4. The first-order valence-corrected chi connectivity index (χ1v) is 4.50. The third-order valence-corrected chi connectivity index (χ3v) is 2.35. The Bertz CT molecular complexity index is 337. The van der Waals surface area contributed by atoms with E-state index >= 15 is 0 Å². The van der Waals surface area contributed by atoms with Gasteiger partial charge < -0.3 is 5.32 Å². The Labute approximate surface area is 77.7 Å². The summed E-state index contributed by atoms with van der Waals surface area (Å²) in [6, 6.07) is 0.255. The van der Waals surface area contributed by atoms with Gasteiger partial charge in [0, 0.05) is 12.6 Å². The highest BCUT2D eigenvalue weighted by Crippen LogP contribution is 2.32. The van der Waals surface area contributed by atoms with Gasteiger partial charge in [0.2, 0.25) is 0 Å². The lowest BCUT2D eigenvalue weighted by Gasteiger charge is -2.20. The average molecular weight is 178 g/mol. The van der Waals surface area contributed by atoms with Gasteiger partial charge in [-0.2, -0.15) is 5.10 Å². The molecule has 4 heteroatoms. The first-order chi connectivity index (χ1) is 6.20. The fourth-order valence-corrected chi connectivity index (χ4v) is 1.64. The molecule has 1 aromatic heterocycles. The summed E-state index contributed by atoms with van der Waals surface area (Å²) in [5.41, 5.74) is 1.19. The summed E-state index contributed by atoms with van der Waals surface area (Å²) in [4.78, 5) is 4.39. The molecule has 0 bridgehead atoms. The lowest BCUT2D eigenvalue weighted by atomic mass is 9.98. The minimum Gasteiger partial charge on any atom is -0.331 e. The molecule has 0 aromatic carbocycles. The maximum Gasteiger partial charge on any atom is 0.134 e. The smallest absolute Gasteiger partial charge is 0.134 e. The molecule has 1 aliphatic heterocycles. The number of hydrogen-bond donors (Lipinski definition) is 1. The van der Waals surface area contributed by atoms with Crippen molar-refractivity contribution in [1.82, 2.24) is 9.78 Å². The molecule has 4 nitrogen and oxygen atoms in total. The van der Waals surface area contributed by atoms with Gasteiger partial charge in [0.1, 0.15) is 5.82 Å². The fraction of sp³-hybridized carbons (Fsp3) is 0.556. The van der Waals surface area contributed by atoms with Gasteiger partial charge in [-0.1, -0.05) is 13.8 Å². The normalized spacial score (nSPS) is 20.2. The number of rotatable bonds is 1. The minimum absolute atomic E-state index is 0.255. The Morgan fingerprint density at radius 3 is 3.00 bits per heavy atom. The molecule has 1 atom stereocenters. The third kappa shape index (κ3) is 1.22. The SMILES string of the molecule is CC(C)C1N=CNc2c1cnn2C. The lowest BCUT2D eigenvalue weighted by molar-refractivity contribution is 0.516. The molecule has 0 aliphatic carbocycles. The molecule has 13 heavy (non-hydrogen) atoms. The summed E-state index contributed by atoms with van der Waals surface area (Å²) in [5, 5.41) is 7.31. The first-order valence-electron chi connectivity index (χ1n) is 4.50. The number of nitrogens with zero attached hydrogens (tertiary/aromatic N) is 3. The van der Waals surface area contributed by atoms with Gasteiger partial charge in [-0.3, -0.25) is 9.67 Å². The highest BCUT2D eigenvalue weighted by Gasteiger charge is 2.23. The summed E-state index contributed by atoms with van der Waals surface area (Å²) in [6.07, 6.45) is 3.65. The zero-order chi connectivity index (χ0) is 9.42. The molecule has 1 unspecified atom stereocenters. The minimum atomic E-state index is 0.255. The van der Waals surface area contributed by atoms with Crippen molar-refractivity contribution in [3.8, 4) is 0 Å². The number of fused-ring (bicyclic) bond motifs is 1. The molecule has 1 aromatic rings. The molecule has 70 valence electrons. The van der Waals surface area contributed by atoms with Crippen LogP contribution in [0.15, 0.2) is 11.2 Å². The average Bonchev–Trinajstić information content (AvgIpc) is 2.48. The molecule has 0 saturated heterocycles. The van der Waals surface area contributed by atoms with Crippen LogP contribution in [0.1, 0.15) is 25.5 Å². The van der Waals surface area contributed by atoms with Crippen molar-refractivity contribution in [1.29, 1.82) is 0 Å². The number of aryl methyl sites for hydroxylation is 1. The van der Waals surface area contributed by atoms with E-state index in [0.717, 1.165) is 5.82 Å². The van der Waals surface area contributed by atoms with Crippen LogP contribution in [-0.2, 0) is 7.05 Å². The first kappa shape index (κ1) is 8.29. The molecular weight excluding hydrogens is 164 g/mol.